The monoisotopic (exact) mass is 204 g/mol. The van der Waals surface area contributed by atoms with E-state index in [4.69, 9.17) is 0 Å². The second kappa shape index (κ2) is 3.85. The summed E-state index contributed by atoms with van der Waals surface area (Å²) in [5, 5.41) is 10.7. The third kappa shape index (κ3) is 2.65. The van der Waals surface area contributed by atoms with Gasteiger partial charge in [0.1, 0.15) is 0 Å². The Morgan fingerprint density at radius 3 is 2.33 bits per heavy atom. The molecule has 0 aromatic heterocycles. The first-order valence-electron chi connectivity index (χ1n) is 4.67. The highest BCUT2D eigenvalue weighted by atomic mass is 16.6. The molecule has 1 aromatic carbocycles. The number of nitro benzene ring substituents is 1. The second-order valence-electron chi connectivity index (χ2n) is 4.45. The molecule has 0 spiro atoms. The molecular formula is C12H14NO2. The summed E-state index contributed by atoms with van der Waals surface area (Å²) < 4.78 is 0. The molecule has 0 heterocycles. The van der Waals surface area contributed by atoms with E-state index in [0.717, 1.165) is 5.56 Å². The number of rotatable bonds is 2. The van der Waals surface area contributed by atoms with E-state index in [1.165, 1.54) is 6.07 Å². The summed E-state index contributed by atoms with van der Waals surface area (Å²) in [5.74, 6) is 0. The molecule has 0 bridgehead atoms. The van der Waals surface area contributed by atoms with Gasteiger partial charge >= 0.3 is 0 Å². The lowest BCUT2D eigenvalue weighted by Gasteiger charge is -2.19. The molecule has 0 atom stereocenters. The summed E-state index contributed by atoms with van der Waals surface area (Å²) in [6.07, 6.45) is 2.68. The molecule has 1 aromatic rings. The van der Waals surface area contributed by atoms with Crippen LogP contribution in [0.2, 0.25) is 0 Å². The van der Waals surface area contributed by atoms with Gasteiger partial charge in [-0.1, -0.05) is 33.4 Å². The lowest BCUT2D eigenvalue weighted by atomic mass is 9.86. The SMILES string of the molecule is C=[C]c1cc([N+](=O)[O-])cc(C(C)(C)C)c1. The maximum Gasteiger partial charge on any atom is 0.270 e. The largest absolute Gasteiger partial charge is 0.270 e. The molecule has 0 amide bonds. The van der Waals surface area contributed by atoms with Gasteiger partial charge in [0, 0.05) is 12.1 Å². The Kier molecular flexibility index (Phi) is 2.93. The predicted molar refractivity (Wildman–Crippen MR) is 59.8 cm³/mol. The molecule has 0 saturated carbocycles. The number of nitrogens with zero attached hydrogens (tertiary/aromatic N) is 1. The minimum atomic E-state index is -0.393. The fraction of sp³-hybridized carbons (Fsp3) is 0.333. The molecule has 0 unspecified atom stereocenters. The average molecular weight is 204 g/mol. The maximum absolute atomic E-state index is 10.7. The molecule has 0 aliphatic rings. The van der Waals surface area contributed by atoms with Crippen LogP contribution < -0.4 is 0 Å². The van der Waals surface area contributed by atoms with Crippen molar-refractivity contribution >= 4 is 5.69 Å². The van der Waals surface area contributed by atoms with Crippen molar-refractivity contribution in [2.45, 2.75) is 26.2 Å². The van der Waals surface area contributed by atoms with E-state index in [9.17, 15) is 10.1 Å². The van der Waals surface area contributed by atoms with Gasteiger partial charge in [0.15, 0.2) is 0 Å². The minimum Gasteiger partial charge on any atom is -0.258 e. The summed E-state index contributed by atoms with van der Waals surface area (Å²) in [7, 11) is 0. The maximum atomic E-state index is 10.7. The Morgan fingerprint density at radius 1 is 1.33 bits per heavy atom. The average Bonchev–Trinajstić information content (AvgIpc) is 2.15. The standard InChI is InChI=1S/C12H14NO2/c1-5-9-6-10(12(2,3)4)8-11(7-9)13(14)15/h6-8H,1H2,2-4H3. The lowest BCUT2D eigenvalue weighted by Crippen LogP contribution is -2.11. The van der Waals surface area contributed by atoms with E-state index in [0.29, 0.717) is 5.56 Å². The van der Waals surface area contributed by atoms with E-state index in [2.05, 4.69) is 12.7 Å². The van der Waals surface area contributed by atoms with Crippen molar-refractivity contribution in [2.75, 3.05) is 0 Å². The molecule has 0 aliphatic heterocycles. The van der Waals surface area contributed by atoms with Gasteiger partial charge in [-0.2, -0.15) is 0 Å². The second-order valence-corrected chi connectivity index (χ2v) is 4.45. The Bertz CT molecular complexity index is 403. The number of hydrogen-bond acceptors (Lipinski definition) is 2. The van der Waals surface area contributed by atoms with Crippen LogP contribution in [0.25, 0.3) is 0 Å². The van der Waals surface area contributed by atoms with E-state index in [1.807, 2.05) is 26.8 Å². The molecule has 3 nitrogen and oxygen atoms in total. The molecule has 0 fully saturated rings. The van der Waals surface area contributed by atoms with Crippen molar-refractivity contribution in [3.05, 3.63) is 52.1 Å². The fourth-order valence-electron chi connectivity index (χ4n) is 1.25. The van der Waals surface area contributed by atoms with Gasteiger partial charge in [0.2, 0.25) is 0 Å². The fourth-order valence-corrected chi connectivity index (χ4v) is 1.25. The molecular weight excluding hydrogens is 190 g/mol. The molecule has 1 radical (unpaired) electrons. The highest BCUT2D eigenvalue weighted by molar-refractivity contribution is 5.43. The van der Waals surface area contributed by atoms with Crippen molar-refractivity contribution in [3.63, 3.8) is 0 Å². The topological polar surface area (TPSA) is 43.1 Å². The smallest absolute Gasteiger partial charge is 0.258 e. The van der Waals surface area contributed by atoms with Crippen LogP contribution in [0.5, 0.6) is 0 Å². The van der Waals surface area contributed by atoms with Crippen LogP contribution in [0.1, 0.15) is 31.9 Å². The summed E-state index contributed by atoms with van der Waals surface area (Å²) in [5.41, 5.74) is 1.56. The van der Waals surface area contributed by atoms with Gasteiger partial charge in [-0.05, 0) is 22.6 Å². The molecule has 1 rings (SSSR count). The molecule has 0 aliphatic carbocycles. The normalized spacial score (nSPS) is 11.1. The summed E-state index contributed by atoms with van der Waals surface area (Å²) in [4.78, 5) is 10.3. The van der Waals surface area contributed by atoms with Gasteiger partial charge in [-0.3, -0.25) is 10.1 Å². The molecule has 0 saturated heterocycles. The van der Waals surface area contributed by atoms with E-state index >= 15 is 0 Å². The highest BCUT2D eigenvalue weighted by Crippen LogP contribution is 2.27. The first-order valence-corrected chi connectivity index (χ1v) is 4.67. The van der Waals surface area contributed by atoms with Gasteiger partial charge in [0.05, 0.1) is 4.92 Å². The van der Waals surface area contributed by atoms with Crippen LogP contribution in [0.3, 0.4) is 0 Å². The highest BCUT2D eigenvalue weighted by Gasteiger charge is 2.18. The van der Waals surface area contributed by atoms with Crippen molar-refractivity contribution in [2.24, 2.45) is 0 Å². The van der Waals surface area contributed by atoms with Crippen LogP contribution in [0.4, 0.5) is 5.69 Å². The molecule has 15 heavy (non-hydrogen) atoms. The van der Waals surface area contributed by atoms with E-state index < -0.39 is 4.92 Å². The van der Waals surface area contributed by atoms with Gasteiger partial charge in [0.25, 0.3) is 5.69 Å². The van der Waals surface area contributed by atoms with E-state index in [1.54, 1.807) is 6.07 Å². The summed E-state index contributed by atoms with van der Waals surface area (Å²) in [6, 6.07) is 4.95. The Labute approximate surface area is 89.6 Å². The number of nitro groups is 1. The lowest BCUT2D eigenvalue weighted by molar-refractivity contribution is -0.385. The van der Waals surface area contributed by atoms with Gasteiger partial charge in [-0.25, -0.2) is 0 Å². The molecule has 3 heteroatoms. The summed E-state index contributed by atoms with van der Waals surface area (Å²) >= 11 is 0. The predicted octanol–water partition coefficient (Wildman–Crippen LogP) is 3.23. The molecule has 0 N–H and O–H groups in total. The number of non-ortho nitro benzene ring substituents is 1. The van der Waals surface area contributed by atoms with E-state index in [-0.39, 0.29) is 11.1 Å². The number of hydrogen-bond donors (Lipinski definition) is 0. The van der Waals surface area contributed by atoms with Crippen LogP contribution >= 0.6 is 0 Å². The Hall–Kier alpha value is -1.64. The van der Waals surface area contributed by atoms with Gasteiger partial charge in [-0.15, -0.1) is 0 Å². The first kappa shape index (κ1) is 11.4. The first-order chi connectivity index (χ1) is 6.84. The third-order valence-electron chi connectivity index (χ3n) is 2.20. The zero-order chi connectivity index (χ0) is 11.6. The van der Waals surface area contributed by atoms with Crippen LogP contribution in [0.15, 0.2) is 24.8 Å². The van der Waals surface area contributed by atoms with Crippen molar-refractivity contribution < 1.29 is 4.92 Å². The van der Waals surface area contributed by atoms with Crippen LogP contribution in [0, 0.1) is 16.2 Å². The summed E-state index contributed by atoms with van der Waals surface area (Å²) in [6.45, 7) is 9.55. The Balaban J connectivity index is 3.36. The quantitative estimate of drug-likeness (QED) is 0.548. The number of benzene rings is 1. The third-order valence-corrected chi connectivity index (χ3v) is 2.20. The zero-order valence-corrected chi connectivity index (χ0v) is 9.20. The minimum absolute atomic E-state index is 0.0913. The zero-order valence-electron chi connectivity index (χ0n) is 9.20. The molecule has 79 valence electrons. The van der Waals surface area contributed by atoms with Crippen LogP contribution in [-0.4, -0.2) is 4.92 Å². The van der Waals surface area contributed by atoms with Crippen molar-refractivity contribution in [1.82, 2.24) is 0 Å². The van der Waals surface area contributed by atoms with Crippen molar-refractivity contribution in [3.8, 4) is 0 Å². The van der Waals surface area contributed by atoms with Gasteiger partial charge < -0.3 is 0 Å². The Morgan fingerprint density at radius 2 is 1.93 bits per heavy atom. The van der Waals surface area contributed by atoms with Crippen LogP contribution in [-0.2, 0) is 5.41 Å². The van der Waals surface area contributed by atoms with Crippen molar-refractivity contribution in [1.29, 1.82) is 0 Å².